The maximum atomic E-state index is 3.54. The number of nitrogens with zero attached hydrogens (tertiary/aromatic N) is 1. The highest BCUT2D eigenvalue weighted by atomic mass is 15.2. The Morgan fingerprint density at radius 2 is 2.17 bits per heavy atom. The van der Waals surface area contributed by atoms with Crippen LogP contribution in [0.4, 0.5) is 5.69 Å². The van der Waals surface area contributed by atoms with Crippen LogP contribution in [0.3, 0.4) is 0 Å². The molecule has 2 aliphatic rings. The molecule has 2 nitrogen and oxygen atoms in total. The highest BCUT2D eigenvalue weighted by molar-refractivity contribution is 5.55. The van der Waals surface area contributed by atoms with Gasteiger partial charge in [0.05, 0.1) is 0 Å². The fourth-order valence-electron chi connectivity index (χ4n) is 3.57. The molecule has 1 aromatic carbocycles. The summed E-state index contributed by atoms with van der Waals surface area (Å²) in [5.41, 5.74) is 2.94. The van der Waals surface area contributed by atoms with Gasteiger partial charge in [-0.15, -0.1) is 0 Å². The molecule has 1 heterocycles. The third-order valence-electron chi connectivity index (χ3n) is 4.68. The molecule has 0 amide bonds. The second-order valence-electron chi connectivity index (χ2n) is 5.74. The fourth-order valence-corrected chi connectivity index (χ4v) is 3.57. The average Bonchev–Trinajstić information content (AvgIpc) is 2.78. The van der Waals surface area contributed by atoms with Crippen molar-refractivity contribution in [2.75, 3.05) is 18.0 Å². The number of anilines is 1. The van der Waals surface area contributed by atoms with Crippen LogP contribution in [0.1, 0.15) is 38.2 Å². The summed E-state index contributed by atoms with van der Waals surface area (Å²) in [4.78, 5) is 2.67. The number of nitrogens with one attached hydrogen (secondary N) is 1. The highest BCUT2D eigenvalue weighted by Gasteiger charge is 2.29. The van der Waals surface area contributed by atoms with Crippen LogP contribution in [0.5, 0.6) is 0 Å². The van der Waals surface area contributed by atoms with Crippen LogP contribution in [0, 0.1) is 5.92 Å². The Bertz CT molecular complexity index is 402. The minimum Gasteiger partial charge on any atom is -0.367 e. The minimum atomic E-state index is 0.774. The minimum absolute atomic E-state index is 0.774. The summed E-state index contributed by atoms with van der Waals surface area (Å²) in [7, 11) is 0. The van der Waals surface area contributed by atoms with Crippen molar-refractivity contribution in [3.63, 3.8) is 0 Å². The maximum absolute atomic E-state index is 3.54. The van der Waals surface area contributed by atoms with E-state index in [4.69, 9.17) is 0 Å². The van der Waals surface area contributed by atoms with Crippen LogP contribution in [0.25, 0.3) is 0 Å². The predicted molar refractivity (Wildman–Crippen MR) is 76.9 cm³/mol. The van der Waals surface area contributed by atoms with Gasteiger partial charge < -0.3 is 10.2 Å². The van der Waals surface area contributed by atoms with Crippen molar-refractivity contribution in [2.45, 2.75) is 45.2 Å². The second kappa shape index (κ2) is 5.31. The van der Waals surface area contributed by atoms with E-state index in [-0.39, 0.29) is 0 Å². The van der Waals surface area contributed by atoms with Gasteiger partial charge in [0.1, 0.15) is 0 Å². The molecule has 18 heavy (non-hydrogen) atoms. The van der Waals surface area contributed by atoms with E-state index >= 15 is 0 Å². The third kappa shape index (κ3) is 2.26. The molecule has 0 saturated heterocycles. The third-order valence-corrected chi connectivity index (χ3v) is 4.68. The van der Waals surface area contributed by atoms with E-state index in [0.29, 0.717) is 0 Å². The molecule has 1 saturated carbocycles. The largest absolute Gasteiger partial charge is 0.367 e. The zero-order valence-corrected chi connectivity index (χ0v) is 11.4. The van der Waals surface area contributed by atoms with Crippen molar-refractivity contribution in [1.82, 2.24) is 5.32 Å². The number of hydrogen-bond acceptors (Lipinski definition) is 2. The van der Waals surface area contributed by atoms with Gasteiger partial charge in [-0.05, 0) is 36.8 Å². The molecule has 0 spiro atoms. The maximum Gasteiger partial charge on any atom is 0.0414 e. The van der Waals surface area contributed by atoms with Crippen molar-refractivity contribution in [3.8, 4) is 0 Å². The molecule has 2 atom stereocenters. The highest BCUT2D eigenvalue weighted by Crippen LogP contribution is 2.35. The van der Waals surface area contributed by atoms with Gasteiger partial charge >= 0.3 is 0 Å². The molecular formula is C16H24N2. The second-order valence-corrected chi connectivity index (χ2v) is 5.74. The first-order valence-electron chi connectivity index (χ1n) is 7.43. The molecule has 98 valence electrons. The topological polar surface area (TPSA) is 15.3 Å². The van der Waals surface area contributed by atoms with Crippen molar-refractivity contribution in [2.24, 2.45) is 5.92 Å². The van der Waals surface area contributed by atoms with Crippen molar-refractivity contribution >= 4 is 5.69 Å². The Balaban J connectivity index is 1.83. The molecule has 1 aromatic rings. The van der Waals surface area contributed by atoms with Crippen LogP contribution < -0.4 is 10.2 Å². The van der Waals surface area contributed by atoms with E-state index < -0.39 is 0 Å². The van der Waals surface area contributed by atoms with Crippen molar-refractivity contribution < 1.29 is 0 Å². The lowest BCUT2D eigenvalue weighted by atomic mass is 10.0. The van der Waals surface area contributed by atoms with Gasteiger partial charge in [-0.2, -0.15) is 0 Å². The molecule has 3 rings (SSSR count). The zero-order valence-electron chi connectivity index (χ0n) is 11.4. The Kier molecular flexibility index (Phi) is 3.55. The SMILES string of the molecule is CCC1CCC(N2CCNCc3ccccc32)C1. The van der Waals surface area contributed by atoms with Gasteiger partial charge in [-0.1, -0.05) is 31.5 Å². The fraction of sp³-hybridized carbons (Fsp3) is 0.625. The molecule has 0 radical (unpaired) electrons. The van der Waals surface area contributed by atoms with Crippen LogP contribution in [-0.2, 0) is 6.54 Å². The molecule has 1 aliphatic heterocycles. The molecule has 2 unspecified atom stereocenters. The normalized spacial score (nSPS) is 27.9. The Morgan fingerprint density at radius 3 is 3.00 bits per heavy atom. The molecular weight excluding hydrogens is 220 g/mol. The molecule has 0 bridgehead atoms. The summed E-state index contributed by atoms with van der Waals surface area (Å²) in [6, 6.07) is 9.70. The van der Waals surface area contributed by atoms with Crippen molar-refractivity contribution in [3.05, 3.63) is 29.8 Å². The summed E-state index contributed by atoms with van der Waals surface area (Å²) in [5.74, 6) is 0.957. The number of fused-ring (bicyclic) bond motifs is 1. The van der Waals surface area contributed by atoms with Gasteiger partial charge in [0, 0.05) is 31.4 Å². The van der Waals surface area contributed by atoms with Gasteiger partial charge in [-0.25, -0.2) is 0 Å². The van der Waals surface area contributed by atoms with E-state index in [9.17, 15) is 0 Å². The van der Waals surface area contributed by atoms with Crippen molar-refractivity contribution in [1.29, 1.82) is 0 Å². The average molecular weight is 244 g/mol. The van der Waals surface area contributed by atoms with Crippen LogP contribution in [0.15, 0.2) is 24.3 Å². The van der Waals surface area contributed by atoms with E-state index in [2.05, 4.69) is 41.4 Å². The van der Waals surface area contributed by atoms with Crippen LogP contribution in [0.2, 0.25) is 0 Å². The number of hydrogen-bond donors (Lipinski definition) is 1. The van der Waals surface area contributed by atoms with E-state index in [1.807, 2.05) is 0 Å². The summed E-state index contributed by atoms with van der Waals surface area (Å²) >= 11 is 0. The van der Waals surface area contributed by atoms with Gasteiger partial charge in [0.15, 0.2) is 0 Å². The zero-order chi connectivity index (χ0) is 12.4. The Labute approximate surface area is 110 Å². The standard InChI is InChI=1S/C16H24N2/c1-2-13-7-8-15(11-13)18-10-9-17-12-14-5-3-4-6-16(14)18/h3-6,13,15,17H,2,7-12H2,1H3. The number of benzene rings is 1. The lowest BCUT2D eigenvalue weighted by Gasteiger charge is -2.31. The lowest BCUT2D eigenvalue weighted by Crippen LogP contribution is -2.36. The molecule has 0 aromatic heterocycles. The van der Waals surface area contributed by atoms with Crippen LogP contribution in [-0.4, -0.2) is 19.1 Å². The quantitative estimate of drug-likeness (QED) is 0.859. The molecule has 1 aliphatic carbocycles. The van der Waals surface area contributed by atoms with Gasteiger partial charge in [0.2, 0.25) is 0 Å². The first kappa shape index (κ1) is 12.0. The molecule has 2 heteroatoms. The number of rotatable bonds is 2. The summed E-state index contributed by atoms with van der Waals surface area (Å²) in [5, 5.41) is 3.54. The summed E-state index contributed by atoms with van der Waals surface area (Å²) in [6.45, 7) is 5.64. The molecule has 1 N–H and O–H groups in total. The first-order chi connectivity index (χ1) is 8.88. The molecule has 1 fully saturated rings. The van der Waals surface area contributed by atoms with Crippen LogP contribution >= 0.6 is 0 Å². The van der Waals surface area contributed by atoms with Gasteiger partial charge in [0.25, 0.3) is 0 Å². The van der Waals surface area contributed by atoms with E-state index in [1.54, 1.807) is 0 Å². The Morgan fingerprint density at radius 1 is 1.28 bits per heavy atom. The lowest BCUT2D eigenvalue weighted by molar-refractivity contribution is 0.508. The predicted octanol–water partition coefficient (Wildman–Crippen LogP) is 3.17. The van der Waals surface area contributed by atoms with Gasteiger partial charge in [-0.3, -0.25) is 0 Å². The smallest absolute Gasteiger partial charge is 0.0414 e. The summed E-state index contributed by atoms with van der Waals surface area (Å²) in [6.07, 6.45) is 5.55. The van der Waals surface area contributed by atoms with E-state index in [0.717, 1.165) is 31.6 Å². The van der Waals surface area contributed by atoms with E-state index in [1.165, 1.54) is 36.9 Å². The monoisotopic (exact) mass is 244 g/mol. The first-order valence-corrected chi connectivity index (χ1v) is 7.43. The number of para-hydroxylation sites is 1. The Hall–Kier alpha value is -1.02. The summed E-state index contributed by atoms with van der Waals surface area (Å²) < 4.78 is 0.